The van der Waals surface area contributed by atoms with Gasteiger partial charge in [-0.15, -0.1) is 0 Å². The van der Waals surface area contributed by atoms with Gasteiger partial charge in [0.15, 0.2) is 0 Å². The zero-order chi connectivity index (χ0) is 13.0. The van der Waals surface area contributed by atoms with E-state index in [-0.39, 0.29) is 0 Å². The predicted molar refractivity (Wildman–Crippen MR) is 68.8 cm³/mol. The van der Waals surface area contributed by atoms with Crippen molar-refractivity contribution in [1.82, 2.24) is 4.90 Å². The molecule has 1 amide bonds. The molecule has 17 heavy (non-hydrogen) atoms. The Morgan fingerprint density at radius 3 is 2.47 bits per heavy atom. The summed E-state index contributed by atoms with van der Waals surface area (Å²) in [6.45, 7) is 1.71. The Hall–Kier alpha value is -1.26. The standard InChI is InChI=1S/C11H12Cl2N2O2/c1-7(14-17-11(16)15(2)3)8-4-5-9(12)10(13)6-8/h4-6H,1-3H3/b14-7-. The van der Waals surface area contributed by atoms with Crippen LogP contribution in [0, 0.1) is 0 Å². The van der Waals surface area contributed by atoms with Crippen LogP contribution < -0.4 is 0 Å². The van der Waals surface area contributed by atoms with Gasteiger partial charge < -0.3 is 4.90 Å². The van der Waals surface area contributed by atoms with Gasteiger partial charge >= 0.3 is 6.09 Å². The molecule has 0 aromatic heterocycles. The molecule has 0 atom stereocenters. The normalized spacial score (nSPS) is 11.2. The van der Waals surface area contributed by atoms with Gasteiger partial charge in [-0.05, 0) is 19.1 Å². The van der Waals surface area contributed by atoms with Gasteiger partial charge in [0.1, 0.15) is 0 Å². The zero-order valence-electron chi connectivity index (χ0n) is 9.70. The van der Waals surface area contributed by atoms with Crippen molar-refractivity contribution in [2.75, 3.05) is 14.1 Å². The SMILES string of the molecule is C/C(=N/OC(=O)N(C)C)c1ccc(Cl)c(Cl)c1. The molecule has 0 aliphatic heterocycles. The molecule has 0 N–H and O–H groups in total. The van der Waals surface area contributed by atoms with Crippen LogP contribution in [0.1, 0.15) is 12.5 Å². The van der Waals surface area contributed by atoms with Crippen molar-refractivity contribution >= 4 is 35.0 Å². The molecule has 0 heterocycles. The Labute approximate surface area is 110 Å². The van der Waals surface area contributed by atoms with E-state index in [2.05, 4.69) is 9.99 Å². The maximum Gasteiger partial charge on any atom is 0.435 e. The molecular formula is C11H12Cl2N2O2. The second-order valence-electron chi connectivity index (χ2n) is 3.56. The molecule has 0 aliphatic rings. The average molecular weight is 275 g/mol. The van der Waals surface area contributed by atoms with Gasteiger partial charge in [0, 0.05) is 19.7 Å². The molecule has 0 bridgehead atoms. The third-order valence-corrected chi connectivity index (χ3v) is 2.70. The van der Waals surface area contributed by atoms with Crippen molar-refractivity contribution < 1.29 is 9.63 Å². The lowest BCUT2D eigenvalue weighted by Crippen LogP contribution is -2.21. The topological polar surface area (TPSA) is 41.9 Å². The first-order chi connectivity index (χ1) is 7.91. The fourth-order valence-corrected chi connectivity index (χ4v) is 1.26. The van der Waals surface area contributed by atoms with Crippen LogP contribution in [0.2, 0.25) is 10.0 Å². The fraction of sp³-hybridized carbons (Fsp3) is 0.273. The number of oxime groups is 1. The summed E-state index contributed by atoms with van der Waals surface area (Å²) >= 11 is 11.7. The molecule has 0 radical (unpaired) electrons. The quantitative estimate of drug-likeness (QED) is 0.471. The summed E-state index contributed by atoms with van der Waals surface area (Å²) in [6, 6.07) is 5.06. The Morgan fingerprint density at radius 1 is 1.29 bits per heavy atom. The lowest BCUT2D eigenvalue weighted by Gasteiger charge is -2.07. The van der Waals surface area contributed by atoms with Gasteiger partial charge in [0.25, 0.3) is 0 Å². The molecule has 0 spiro atoms. The summed E-state index contributed by atoms with van der Waals surface area (Å²) in [6.07, 6.45) is -0.538. The molecule has 0 saturated heterocycles. The van der Waals surface area contributed by atoms with Gasteiger partial charge in [-0.3, -0.25) is 4.84 Å². The van der Waals surface area contributed by atoms with Gasteiger partial charge in [0.05, 0.1) is 15.8 Å². The van der Waals surface area contributed by atoms with E-state index in [0.29, 0.717) is 15.8 Å². The summed E-state index contributed by atoms with van der Waals surface area (Å²) in [5, 5.41) is 4.60. The van der Waals surface area contributed by atoms with Crippen LogP contribution in [0.5, 0.6) is 0 Å². The number of hydrogen-bond donors (Lipinski definition) is 0. The summed E-state index contributed by atoms with van der Waals surface area (Å²) in [5.41, 5.74) is 1.28. The lowest BCUT2D eigenvalue weighted by molar-refractivity contribution is 0.122. The largest absolute Gasteiger partial charge is 0.435 e. The summed E-state index contributed by atoms with van der Waals surface area (Å²) < 4.78 is 0. The summed E-state index contributed by atoms with van der Waals surface area (Å²) in [5.74, 6) is 0. The molecule has 4 nitrogen and oxygen atoms in total. The number of hydrogen-bond acceptors (Lipinski definition) is 3. The number of carbonyl (C=O) groups is 1. The van der Waals surface area contributed by atoms with Crippen molar-refractivity contribution in [1.29, 1.82) is 0 Å². The highest BCUT2D eigenvalue weighted by Crippen LogP contribution is 2.22. The Kier molecular flexibility index (Phi) is 4.78. The molecular weight excluding hydrogens is 263 g/mol. The third-order valence-electron chi connectivity index (χ3n) is 1.96. The maximum absolute atomic E-state index is 11.1. The number of amides is 1. The number of benzene rings is 1. The monoisotopic (exact) mass is 274 g/mol. The van der Waals surface area contributed by atoms with Crippen LogP contribution in [0.4, 0.5) is 4.79 Å². The zero-order valence-corrected chi connectivity index (χ0v) is 11.2. The summed E-state index contributed by atoms with van der Waals surface area (Å²) in [4.78, 5) is 17.1. The molecule has 6 heteroatoms. The number of nitrogens with zero attached hydrogens (tertiary/aromatic N) is 2. The van der Waals surface area contributed by atoms with E-state index in [1.807, 2.05) is 0 Å². The molecule has 1 aromatic rings. The van der Waals surface area contributed by atoms with Crippen LogP contribution in [0.15, 0.2) is 23.4 Å². The Morgan fingerprint density at radius 2 is 1.94 bits per heavy atom. The van der Waals surface area contributed by atoms with E-state index in [0.717, 1.165) is 5.56 Å². The van der Waals surface area contributed by atoms with Gasteiger partial charge in [-0.25, -0.2) is 4.79 Å². The van der Waals surface area contributed by atoms with Gasteiger partial charge in [-0.1, -0.05) is 34.4 Å². The first-order valence-corrected chi connectivity index (χ1v) is 5.55. The van der Waals surface area contributed by atoms with Crippen LogP contribution >= 0.6 is 23.2 Å². The average Bonchev–Trinajstić information content (AvgIpc) is 2.28. The molecule has 1 rings (SSSR count). The number of rotatable bonds is 2. The molecule has 0 aliphatic carbocycles. The van der Waals surface area contributed by atoms with E-state index < -0.39 is 6.09 Å². The van der Waals surface area contributed by atoms with Crippen molar-refractivity contribution in [3.8, 4) is 0 Å². The number of carbonyl (C=O) groups excluding carboxylic acids is 1. The van der Waals surface area contributed by atoms with Crippen LogP contribution in [0.25, 0.3) is 0 Å². The highest BCUT2D eigenvalue weighted by Gasteiger charge is 2.06. The number of halogens is 2. The van der Waals surface area contributed by atoms with Crippen LogP contribution in [0.3, 0.4) is 0 Å². The summed E-state index contributed by atoms with van der Waals surface area (Å²) in [7, 11) is 3.15. The maximum atomic E-state index is 11.1. The highest BCUT2D eigenvalue weighted by molar-refractivity contribution is 6.42. The van der Waals surface area contributed by atoms with E-state index in [1.165, 1.54) is 4.90 Å². The van der Waals surface area contributed by atoms with Gasteiger partial charge in [0.2, 0.25) is 0 Å². The third kappa shape index (κ3) is 3.91. The van der Waals surface area contributed by atoms with E-state index in [9.17, 15) is 4.79 Å². The second-order valence-corrected chi connectivity index (χ2v) is 4.37. The molecule has 92 valence electrons. The van der Waals surface area contributed by atoms with Gasteiger partial charge in [-0.2, -0.15) is 0 Å². The van der Waals surface area contributed by atoms with E-state index in [4.69, 9.17) is 23.2 Å². The molecule has 0 unspecified atom stereocenters. The smallest absolute Gasteiger partial charge is 0.312 e. The lowest BCUT2D eigenvalue weighted by atomic mass is 10.1. The second kappa shape index (κ2) is 5.89. The van der Waals surface area contributed by atoms with Crippen molar-refractivity contribution in [3.63, 3.8) is 0 Å². The minimum Gasteiger partial charge on any atom is -0.312 e. The molecule has 0 fully saturated rings. The van der Waals surface area contributed by atoms with Crippen molar-refractivity contribution in [2.45, 2.75) is 6.92 Å². The predicted octanol–water partition coefficient (Wildman–Crippen LogP) is 3.42. The van der Waals surface area contributed by atoms with Crippen molar-refractivity contribution in [2.24, 2.45) is 5.16 Å². The first kappa shape index (κ1) is 13.8. The van der Waals surface area contributed by atoms with Crippen molar-refractivity contribution in [3.05, 3.63) is 33.8 Å². The van der Waals surface area contributed by atoms with E-state index in [1.54, 1.807) is 39.2 Å². The van der Waals surface area contributed by atoms with Crippen LogP contribution in [-0.2, 0) is 4.84 Å². The minimum atomic E-state index is -0.538. The molecule has 1 aromatic carbocycles. The Balaban J connectivity index is 2.81. The minimum absolute atomic E-state index is 0.428. The highest BCUT2D eigenvalue weighted by atomic mass is 35.5. The first-order valence-electron chi connectivity index (χ1n) is 4.80. The fourth-order valence-electron chi connectivity index (χ4n) is 0.963. The van der Waals surface area contributed by atoms with Crippen LogP contribution in [-0.4, -0.2) is 30.8 Å². The molecule has 0 saturated carbocycles. The Bertz CT molecular complexity index is 459. The van der Waals surface area contributed by atoms with E-state index >= 15 is 0 Å².